The van der Waals surface area contributed by atoms with Gasteiger partial charge in [0.2, 0.25) is 0 Å². The minimum Gasteiger partial charge on any atom is -0.329 e. The van der Waals surface area contributed by atoms with E-state index in [9.17, 15) is 0 Å². The minimum absolute atomic E-state index is 0.343. The zero-order valence-corrected chi connectivity index (χ0v) is 12.5. The molecule has 0 aliphatic heterocycles. The molecule has 0 aromatic heterocycles. The molecule has 2 N–H and O–H groups in total. The standard InChI is InChI=1S/C16H32N2/c1-3-14-9-11-16(13-17,12-10-14)18(4-2)15-7-5-6-8-15/h14-15H,3-13,17H2,1-2H3. The van der Waals surface area contributed by atoms with Crippen molar-refractivity contribution in [1.29, 1.82) is 0 Å². The fraction of sp³-hybridized carbons (Fsp3) is 1.00. The molecule has 2 aliphatic carbocycles. The Kier molecular flexibility index (Phi) is 5.08. The third-order valence-electron chi connectivity index (χ3n) is 5.71. The van der Waals surface area contributed by atoms with Crippen molar-refractivity contribution in [2.45, 2.75) is 83.2 Å². The summed E-state index contributed by atoms with van der Waals surface area (Å²) in [5.74, 6) is 0.965. The Hall–Kier alpha value is -0.0800. The number of nitrogens with zero attached hydrogens (tertiary/aromatic N) is 1. The van der Waals surface area contributed by atoms with Gasteiger partial charge in [-0.05, 0) is 51.0 Å². The van der Waals surface area contributed by atoms with Crippen molar-refractivity contribution in [1.82, 2.24) is 4.90 Å². The van der Waals surface area contributed by atoms with Crippen LogP contribution >= 0.6 is 0 Å². The smallest absolute Gasteiger partial charge is 0.0334 e. The molecule has 2 rings (SSSR count). The van der Waals surface area contributed by atoms with Crippen LogP contribution in [0.2, 0.25) is 0 Å². The van der Waals surface area contributed by atoms with Crippen LogP contribution in [0.1, 0.15) is 71.6 Å². The maximum absolute atomic E-state index is 6.23. The van der Waals surface area contributed by atoms with Crippen LogP contribution in [-0.4, -0.2) is 29.6 Å². The normalized spacial score (nSPS) is 34.3. The van der Waals surface area contributed by atoms with Gasteiger partial charge < -0.3 is 5.73 Å². The van der Waals surface area contributed by atoms with Gasteiger partial charge in [0.15, 0.2) is 0 Å². The lowest BCUT2D eigenvalue weighted by Gasteiger charge is -2.50. The molecule has 0 amide bonds. The van der Waals surface area contributed by atoms with E-state index in [0.717, 1.165) is 18.5 Å². The van der Waals surface area contributed by atoms with E-state index in [0.29, 0.717) is 5.54 Å². The Morgan fingerprint density at radius 2 is 1.67 bits per heavy atom. The second-order valence-corrected chi connectivity index (χ2v) is 6.50. The molecule has 0 bridgehead atoms. The molecule has 106 valence electrons. The first-order valence-electron chi connectivity index (χ1n) is 8.22. The second kappa shape index (κ2) is 6.38. The van der Waals surface area contributed by atoms with E-state index in [1.54, 1.807) is 0 Å². The molecule has 2 aliphatic rings. The van der Waals surface area contributed by atoms with Gasteiger partial charge in [0, 0.05) is 18.1 Å². The third kappa shape index (κ3) is 2.75. The summed E-state index contributed by atoms with van der Waals surface area (Å²) in [5, 5.41) is 0. The van der Waals surface area contributed by atoms with Crippen LogP contribution in [0.4, 0.5) is 0 Å². The average molecular weight is 252 g/mol. The van der Waals surface area contributed by atoms with Crippen LogP contribution < -0.4 is 5.73 Å². The van der Waals surface area contributed by atoms with Gasteiger partial charge in [-0.3, -0.25) is 4.90 Å². The van der Waals surface area contributed by atoms with E-state index in [2.05, 4.69) is 18.7 Å². The summed E-state index contributed by atoms with van der Waals surface area (Å²) in [5.41, 5.74) is 6.57. The third-order valence-corrected chi connectivity index (χ3v) is 5.71. The van der Waals surface area contributed by atoms with Crippen molar-refractivity contribution < 1.29 is 0 Å². The highest BCUT2D eigenvalue weighted by Crippen LogP contribution is 2.40. The van der Waals surface area contributed by atoms with Crippen molar-refractivity contribution in [2.24, 2.45) is 11.7 Å². The minimum atomic E-state index is 0.343. The quantitative estimate of drug-likeness (QED) is 0.811. The van der Waals surface area contributed by atoms with Crippen molar-refractivity contribution in [3.63, 3.8) is 0 Å². The Bertz CT molecular complexity index is 237. The largest absolute Gasteiger partial charge is 0.329 e. The lowest BCUT2D eigenvalue weighted by atomic mass is 9.74. The van der Waals surface area contributed by atoms with Crippen molar-refractivity contribution in [3.05, 3.63) is 0 Å². The fourth-order valence-corrected chi connectivity index (χ4v) is 4.43. The number of hydrogen-bond acceptors (Lipinski definition) is 2. The van der Waals surface area contributed by atoms with E-state index in [1.165, 1.54) is 64.3 Å². The maximum atomic E-state index is 6.23. The van der Waals surface area contributed by atoms with Crippen LogP contribution in [0.5, 0.6) is 0 Å². The second-order valence-electron chi connectivity index (χ2n) is 6.50. The van der Waals surface area contributed by atoms with Gasteiger partial charge in [0.25, 0.3) is 0 Å². The SMILES string of the molecule is CCC1CCC(CN)(N(CC)C2CCCC2)CC1. The summed E-state index contributed by atoms with van der Waals surface area (Å²) in [4.78, 5) is 2.80. The molecule has 2 saturated carbocycles. The summed E-state index contributed by atoms with van der Waals surface area (Å²) >= 11 is 0. The highest BCUT2D eigenvalue weighted by Gasteiger charge is 2.41. The molecule has 0 heterocycles. The number of likely N-dealkylation sites (N-methyl/N-ethyl adjacent to an activating group) is 1. The average Bonchev–Trinajstić information content (AvgIpc) is 2.94. The predicted molar refractivity (Wildman–Crippen MR) is 78.7 cm³/mol. The summed E-state index contributed by atoms with van der Waals surface area (Å²) in [6, 6.07) is 0.830. The fourth-order valence-electron chi connectivity index (χ4n) is 4.43. The Labute approximate surface area is 113 Å². The Morgan fingerprint density at radius 1 is 1.06 bits per heavy atom. The van der Waals surface area contributed by atoms with Gasteiger partial charge in [-0.25, -0.2) is 0 Å². The highest BCUT2D eigenvalue weighted by molar-refractivity contribution is 4.98. The number of hydrogen-bond donors (Lipinski definition) is 1. The molecule has 2 heteroatoms. The van der Waals surface area contributed by atoms with Crippen LogP contribution in [0.15, 0.2) is 0 Å². The van der Waals surface area contributed by atoms with Gasteiger partial charge in [-0.2, -0.15) is 0 Å². The summed E-state index contributed by atoms with van der Waals surface area (Å²) in [6.45, 7) is 6.74. The predicted octanol–water partition coefficient (Wildman–Crippen LogP) is 3.55. The molecule has 0 atom stereocenters. The van der Waals surface area contributed by atoms with Gasteiger partial charge in [-0.15, -0.1) is 0 Å². The first-order valence-corrected chi connectivity index (χ1v) is 8.22. The van der Waals surface area contributed by atoms with Crippen LogP contribution in [0.25, 0.3) is 0 Å². The summed E-state index contributed by atoms with van der Waals surface area (Å²) in [7, 11) is 0. The van der Waals surface area contributed by atoms with Crippen LogP contribution in [0, 0.1) is 5.92 Å². The first-order chi connectivity index (χ1) is 8.75. The molecular weight excluding hydrogens is 220 g/mol. The van der Waals surface area contributed by atoms with Crippen molar-refractivity contribution >= 4 is 0 Å². The summed E-state index contributed by atoms with van der Waals surface area (Å²) in [6.07, 6.45) is 12.5. The molecule has 2 nitrogen and oxygen atoms in total. The van der Waals surface area contributed by atoms with E-state index in [-0.39, 0.29) is 0 Å². The molecule has 0 unspecified atom stereocenters. The molecule has 0 aromatic rings. The van der Waals surface area contributed by atoms with Crippen molar-refractivity contribution in [3.8, 4) is 0 Å². The molecular formula is C16H32N2. The number of rotatable bonds is 5. The van der Waals surface area contributed by atoms with Gasteiger partial charge in [0.1, 0.15) is 0 Å². The Morgan fingerprint density at radius 3 is 2.11 bits per heavy atom. The van der Waals surface area contributed by atoms with Crippen LogP contribution in [-0.2, 0) is 0 Å². The Balaban J connectivity index is 2.05. The topological polar surface area (TPSA) is 29.3 Å². The van der Waals surface area contributed by atoms with E-state index >= 15 is 0 Å². The lowest BCUT2D eigenvalue weighted by Crippen LogP contribution is -2.58. The molecule has 0 radical (unpaired) electrons. The number of nitrogens with two attached hydrogens (primary N) is 1. The monoisotopic (exact) mass is 252 g/mol. The molecule has 0 saturated heterocycles. The van der Waals surface area contributed by atoms with Gasteiger partial charge in [-0.1, -0.05) is 33.1 Å². The zero-order chi connectivity index (χ0) is 13.0. The van der Waals surface area contributed by atoms with Crippen molar-refractivity contribution in [2.75, 3.05) is 13.1 Å². The highest BCUT2D eigenvalue weighted by atomic mass is 15.2. The molecule has 18 heavy (non-hydrogen) atoms. The lowest BCUT2D eigenvalue weighted by molar-refractivity contribution is 0.0127. The van der Waals surface area contributed by atoms with E-state index in [4.69, 9.17) is 5.73 Å². The van der Waals surface area contributed by atoms with Gasteiger partial charge in [0.05, 0.1) is 0 Å². The van der Waals surface area contributed by atoms with E-state index < -0.39 is 0 Å². The molecule has 2 fully saturated rings. The van der Waals surface area contributed by atoms with E-state index in [1.807, 2.05) is 0 Å². The first kappa shape index (κ1) is 14.3. The van der Waals surface area contributed by atoms with Crippen LogP contribution in [0.3, 0.4) is 0 Å². The molecule has 0 aromatic carbocycles. The molecule has 0 spiro atoms. The van der Waals surface area contributed by atoms with Gasteiger partial charge >= 0.3 is 0 Å². The zero-order valence-electron chi connectivity index (χ0n) is 12.5. The maximum Gasteiger partial charge on any atom is 0.0334 e. The summed E-state index contributed by atoms with van der Waals surface area (Å²) < 4.78 is 0.